The van der Waals surface area contributed by atoms with Gasteiger partial charge in [0.1, 0.15) is 0 Å². The smallest absolute Gasteiger partial charge is 0.251 e. The van der Waals surface area contributed by atoms with Crippen LogP contribution in [0, 0.1) is 0 Å². The average molecular weight is 364 g/mol. The lowest BCUT2D eigenvalue weighted by atomic mass is 9.99. The summed E-state index contributed by atoms with van der Waals surface area (Å²) >= 11 is 0. The van der Waals surface area contributed by atoms with Crippen molar-refractivity contribution in [3.63, 3.8) is 0 Å². The van der Waals surface area contributed by atoms with Crippen molar-refractivity contribution in [1.82, 2.24) is 10.6 Å². The van der Waals surface area contributed by atoms with E-state index in [1.54, 1.807) is 0 Å². The summed E-state index contributed by atoms with van der Waals surface area (Å²) in [5, 5.41) is 6.05. The van der Waals surface area contributed by atoms with E-state index in [-0.39, 0.29) is 17.9 Å². The average Bonchev–Trinajstić information content (AvgIpc) is 3.15. The summed E-state index contributed by atoms with van der Waals surface area (Å²) in [6, 6.07) is 16.5. The topological polar surface area (TPSA) is 58.2 Å². The van der Waals surface area contributed by atoms with Crippen LogP contribution in [0.3, 0.4) is 0 Å². The standard InChI is InChI=1S/C23H28N2O2/c1-16(24-17(2)26)14-18-10-12-19(13-11-18)20-6-5-7-21(15-20)23(27)25-22-8-3-4-9-22/h5-7,10-13,15-16,22H,3-4,8-9,14H2,1-2H3,(H,24,26)(H,25,27). The molecule has 0 heterocycles. The normalized spacial score (nSPS) is 15.3. The lowest BCUT2D eigenvalue weighted by Gasteiger charge is -2.13. The van der Waals surface area contributed by atoms with Crippen molar-refractivity contribution in [2.24, 2.45) is 0 Å². The summed E-state index contributed by atoms with van der Waals surface area (Å²) in [4.78, 5) is 23.6. The van der Waals surface area contributed by atoms with E-state index in [0.29, 0.717) is 11.6 Å². The van der Waals surface area contributed by atoms with Crippen molar-refractivity contribution in [2.75, 3.05) is 0 Å². The Bertz CT molecular complexity index is 792. The van der Waals surface area contributed by atoms with Crippen LogP contribution in [0.2, 0.25) is 0 Å². The Morgan fingerprint density at radius 2 is 1.74 bits per heavy atom. The van der Waals surface area contributed by atoms with Gasteiger partial charge in [-0.2, -0.15) is 0 Å². The molecular formula is C23H28N2O2. The molecule has 4 heteroatoms. The Hall–Kier alpha value is -2.62. The fourth-order valence-electron chi connectivity index (χ4n) is 3.76. The minimum atomic E-state index is -0.00758. The fourth-order valence-corrected chi connectivity index (χ4v) is 3.76. The van der Waals surface area contributed by atoms with Crippen LogP contribution in [0.4, 0.5) is 0 Å². The first-order valence-electron chi connectivity index (χ1n) is 9.78. The molecule has 3 rings (SSSR count). The number of benzene rings is 2. The quantitative estimate of drug-likeness (QED) is 0.811. The Morgan fingerprint density at radius 1 is 1.04 bits per heavy atom. The molecule has 0 bridgehead atoms. The first-order chi connectivity index (χ1) is 13.0. The molecule has 2 aromatic rings. The first kappa shape index (κ1) is 19.2. The van der Waals surface area contributed by atoms with Crippen LogP contribution in [0.25, 0.3) is 11.1 Å². The molecule has 142 valence electrons. The van der Waals surface area contributed by atoms with Crippen LogP contribution in [-0.2, 0) is 11.2 Å². The Morgan fingerprint density at radius 3 is 2.41 bits per heavy atom. The van der Waals surface area contributed by atoms with E-state index in [0.717, 1.165) is 30.4 Å². The predicted octanol–water partition coefficient (Wildman–Crippen LogP) is 4.09. The van der Waals surface area contributed by atoms with Crippen molar-refractivity contribution in [3.05, 3.63) is 59.7 Å². The molecule has 1 aliphatic rings. The molecule has 0 aromatic heterocycles. The van der Waals surface area contributed by atoms with Crippen LogP contribution in [-0.4, -0.2) is 23.9 Å². The zero-order valence-electron chi connectivity index (χ0n) is 16.1. The Kier molecular flexibility index (Phi) is 6.28. The molecule has 1 fully saturated rings. The van der Waals surface area contributed by atoms with Gasteiger partial charge in [-0.3, -0.25) is 9.59 Å². The number of carbonyl (C=O) groups excluding carboxylic acids is 2. The molecule has 1 aliphatic carbocycles. The van der Waals surface area contributed by atoms with Crippen LogP contribution in [0.5, 0.6) is 0 Å². The molecule has 1 saturated carbocycles. The molecule has 27 heavy (non-hydrogen) atoms. The summed E-state index contributed by atoms with van der Waals surface area (Å²) in [7, 11) is 0. The molecule has 0 aliphatic heterocycles. The van der Waals surface area contributed by atoms with E-state index in [1.165, 1.54) is 25.3 Å². The van der Waals surface area contributed by atoms with E-state index in [4.69, 9.17) is 0 Å². The summed E-state index contributed by atoms with van der Waals surface area (Å²) in [5.74, 6) is 0.0105. The SMILES string of the molecule is CC(=O)NC(C)Cc1ccc(-c2cccc(C(=O)NC3CCCC3)c2)cc1. The second kappa shape index (κ2) is 8.85. The molecule has 4 nitrogen and oxygen atoms in total. The third-order valence-electron chi connectivity index (χ3n) is 5.09. The molecular weight excluding hydrogens is 336 g/mol. The van der Waals surface area contributed by atoms with E-state index in [2.05, 4.69) is 34.9 Å². The zero-order valence-corrected chi connectivity index (χ0v) is 16.1. The summed E-state index contributed by atoms with van der Waals surface area (Å²) in [6.07, 6.45) is 5.38. The molecule has 0 spiro atoms. The zero-order chi connectivity index (χ0) is 19.2. The third-order valence-corrected chi connectivity index (χ3v) is 5.09. The van der Waals surface area contributed by atoms with Gasteiger partial charge in [-0.15, -0.1) is 0 Å². The van der Waals surface area contributed by atoms with E-state index in [9.17, 15) is 9.59 Å². The largest absolute Gasteiger partial charge is 0.354 e. The molecule has 2 N–H and O–H groups in total. The van der Waals surface area contributed by atoms with Gasteiger partial charge in [0.15, 0.2) is 0 Å². The first-order valence-corrected chi connectivity index (χ1v) is 9.78. The van der Waals surface area contributed by atoms with Crippen molar-refractivity contribution >= 4 is 11.8 Å². The Balaban J connectivity index is 1.67. The molecule has 1 unspecified atom stereocenters. The van der Waals surface area contributed by atoms with Gasteiger partial charge in [-0.25, -0.2) is 0 Å². The second-order valence-electron chi connectivity index (χ2n) is 7.54. The highest BCUT2D eigenvalue weighted by atomic mass is 16.2. The van der Waals surface area contributed by atoms with E-state index in [1.807, 2.05) is 31.2 Å². The van der Waals surface area contributed by atoms with Gasteiger partial charge in [0.05, 0.1) is 0 Å². The number of nitrogens with one attached hydrogen (secondary N) is 2. The van der Waals surface area contributed by atoms with Crippen LogP contribution in [0.15, 0.2) is 48.5 Å². The van der Waals surface area contributed by atoms with Crippen molar-refractivity contribution in [1.29, 1.82) is 0 Å². The maximum atomic E-state index is 12.5. The summed E-state index contributed by atoms with van der Waals surface area (Å²) in [5.41, 5.74) is 4.01. The molecule has 2 aromatic carbocycles. The summed E-state index contributed by atoms with van der Waals surface area (Å²) < 4.78 is 0. The van der Waals surface area contributed by atoms with Crippen molar-refractivity contribution in [3.8, 4) is 11.1 Å². The Labute approximate surface area is 161 Å². The fraction of sp³-hybridized carbons (Fsp3) is 0.391. The number of carbonyl (C=O) groups is 2. The minimum Gasteiger partial charge on any atom is -0.354 e. The van der Waals surface area contributed by atoms with Crippen LogP contribution >= 0.6 is 0 Å². The van der Waals surface area contributed by atoms with Crippen molar-refractivity contribution in [2.45, 2.75) is 58.0 Å². The lowest BCUT2D eigenvalue weighted by Crippen LogP contribution is -2.32. The lowest BCUT2D eigenvalue weighted by molar-refractivity contribution is -0.119. The number of rotatable bonds is 6. The highest BCUT2D eigenvalue weighted by Gasteiger charge is 2.18. The maximum Gasteiger partial charge on any atom is 0.251 e. The third kappa shape index (κ3) is 5.43. The molecule has 1 atom stereocenters. The van der Waals surface area contributed by atoms with Gasteiger partial charge in [0, 0.05) is 24.6 Å². The van der Waals surface area contributed by atoms with Crippen LogP contribution in [0.1, 0.15) is 55.5 Å². The minimum absolute atomic E-state index is 0.00758. The second-order valence-corrected chi connectivity index (χ2v) is 7.54. The molecule has 2 amide bonds. The van der Waals surface area contributed by atoms with Gasteiger partial charge in [0.2, 0.25) is 5.91 Å². The molecule has 0 radical (unpaired) electrons. The monoisotopic (exact) mass is 364 g/mol. The van der Waals surface area contributed by atoms with Gasteiger partial charge >= 0.3 is 0 Å². The highest BCUT2D eigenvalue weighted by Crippen LogP contribution is 2.22. The predicted molar refractivity (Wildman–Crippen MR) is 109 cm³/mol. The van der Waals surface area contributed by atoms with Crippen LogP contribution < -0.4 is 10.6 Å². The number of hydrogen-bond acceptors (Lipinski definition) is 2. The van der Waals surface area contributed by atoms with E-state index < -0.39 is 0 Å². The van der Waals surface area contributed by atoms with Crippen molar-refractivity contribution < 1.29 is 9.59 Å². The van der Waals surface area contributed by atoms with Gasteiger partial charge in [-0.1, -0.05) is 49.2 Å². The van der Waals surface area contributed by atoms with Gasteiger partial charge in [0.25, 0.3) is 5.91 Å². The van der Waals surface area contributed by atoms with Gasteiger partial charge < -0.3 is 10.6 Å². The summed E-state index contributed by atoms with van der Waals surface area (Å²) in [6.45, 7) is 3.54. The van der Waals surface area contributed by atoms with E-state index >= 15 is 0 Å². The number of amides is 2. The molecule has 0 saturated heterocycles. The maximum absolute atomic E-state index is 12.5. The highest BCUT2D eigenvalue weighted by molar-refractivity contribution is 5.95. The number of hydrogen-bond donors (Lipinski definition) is 2. The van der Waals surface area contributed by atoms with Gasteiger partial charge in [-0.05, 0) is 55.0 Å².